The number of rotatable bonds is 14. The van der Waals surface area contributed by atoms with E-state index < -0.39 is 62.0 Å². The Morgan fingerprint density at radius 3 is 2.29 bits per heavy atom. The van der Waals surface area contributed by atoms with Crippen molar-refractivity contribution < 1.29 is 39.4 Å². The molecule has 2 aliphatic heterocycles. The molecule has 2 saturated heterocycles. The topological polar surface area (TPSA) is 182 Å². The number of hydrogen-bond acceptors (Lipinski definition) is 10. The van der Waals surface area contributed by atoms with Crippen molar-refractivity contribution in [3.8, 4) is 5.75 Å². The number of phenols is 1. The maximum absolute atomic E-state index is 13.9. The Balaban J connectivity index is 1.75. The molecular weight excluding hydrogens is 584 g/mol. The van der Waals surface area contributed by atoms with Crippen LogP contribution in [0.5, 0.6) is 5.75 Å². The molecule has 45 heavy (non-hydrogen) atoms. The molecule has 0 radical (unpaired) electrons. The van der Waals surface area contributed by atoms with Gasteiger partial charge in [0.15, 0.2) is 5.75 Å². The number of phenolic OH excluding ortho intramolecular Hbond substituents is 1. The fraction of sp³-hybridized carbons (Fsp3) is 0.788. The van der Waals surface area contributed by atoms with E-state index in [1.165, 1.54) is 6.92 Å². The van der Waals surface area contributed by atoms with Crippen molar-refractivity contribution in [1.29, 1.82) is 0 Å². The average molecular weight is 637 g/mol. The number of ether oxygens (including phenoxy) is 2. The van der Waals surface area contributed by atoms with Crippen LogP contribution < -0.4 is 0 Å². The fourth-order valence-corrected chi connectivity index (χ4v) is 7.67. The lowest BCUT2D eigenvalue weighted by Gasteiger charge is -2.47. The molecule has 2 fully saturated rings. The standard InChI is InChI=1S/C33H52N2O10/c1-9-23(31-20(6)17-33(11-3,45-31)26-14-15-32(39,10-2)22(8)44-26)30(38)21(7)28(36)18(4)12-13-24-25(34(40)41)16-19(5)29(37)27(24)35(42)43/h16,18,20-23,26,28,31,36-37,39H,9-15,17H2,1-8H3/t18-,20?,21+,22?,23-,26?,28+,31-,32?,33?/m1/s1. The molecule has 10 atom stereocenters. The molecule has 1 aromatic rings. The molecule has 0 bridgehead atoms. The molecule has 254 valence electrons. The van der Waals surface area contributed by atoms with Crippen LogP contribution in [0.2, 0.25) is 0 Å². The number of hydrogen-bond donors (Lipinski definition) is 3. The van der Waals surface area contributed by atoms with Crippen molar-refractivity contribution in [3.63, 3.8) is 0 Å². The number of Topliss-reactive ketones (excluding diaryl/α,β-unsaturated/α-hetero) is 1. The number of aromatic hydroxyl groups is 1. The lowest BCUT2D eigenvalue weighted by Crippen LogP contribution is -2.55. The highest BCUT2D eigenvalue weighted by Gasteiger charge is 2.55. The van der Waals surface area contributed by atoms with Crippen LogP contribution in [0, 0.1) is 50.8 Å². The molecule has 12 heteroatoms. The van der Waals surface area contributed by atoms with E-state index >= 15 is 0 Å². The minimum Gasteiger partial charge on any atom is -0.502 e. The first-order valence-corrected chi connectivity index (χ1v) is 16.4. The van der Waals surface area contributed by atoms with Crippen LogP contribution in [0.4, 0.5) is 11.4 Å². The van der Waals surface area contributed by atoms with Crippen LogP contribution in [-0.4, -0.2) is 66.6 Å². The van der Waals surface area contributed by atoms with Crippen molar-refractivity contribution in [2.75, 3.05) is 0 Å². The maximum Gasteiger partial charge on any atom is 0.321 e. The van der Waals surface area contributed by atoms with Crippen LogP contribution in [0.25, 0.3) is 0 Å². The predicted octanol–water partition coefficient (Wildman–Crippen LogP) is 5.96. The zero-order chi connectivity index (χ0) is 34.0. The molecule has 1 aromatic carbocycles. The number of ketones is 1. The summed E-state index contributed by atoms with van der Waals surface area (Å²) in [7, 11) is 0. The molecule has 0 aromatic heterocycles. The summed E-state index contributed by atoms with van der Waals surface area (Å²) in [4.78, 5) is 35.8. The van der Waals surface area contributed by atoms with Crippen molar-refractivity contribution in [3.05, 3.63) is 37.4 Å². The number of nitro groups is 2. The summed E-state index contributed by atoms with van der Waals surface area (Å²) in [6.45, 7) is 14.6. The van der Waals surface area contributed by atoms with Gasteiger partial charge in [-0.25, -0.2) is 0 Å². The highest BCUT2D eigenvalue weighted by Crippen LogP contribution is 2.48. The van der Waals surface area contributed by atoms with E-state index in [-0.39, 0.29) is 54.0 Å². The highest BCUT2D eigenvalue weighted by atomic mass is 16.6. The van der Waals surface area contributed by atoms with E-state index in [1.807, 2.05) is 20.8 Å². The molecule has 5 unspecified atom stereocenters. The third-order valence-corrected chi connectivity index (χ3v) is 10.9. The Labute approximate surface area is 265 Å². The third kappa shape index (κ3) is 7.18. The summed E-state index contributed by atoms with van der Waals surface area (Å²) < 4.78 is 13.2. The number of carbonyl (C=O) groups is 1. The van der Waals surface area contributed by atoms with Crippen molar-refractivity contribution >= 4 is 17.2 Å². The second kappa shape index (κ2) is 14.4. The lowest BCUT2D eigenvalue weighted by atomic mass is 9.76. The zero-order valence-electron chi connectivity index (χ0n) is 27.9. The maximum atomic E-state index is 13.9. The quantitative estimate of drug-likeness (QED) is 0.163. The first-order valence-electron chi connectivity index (χ1n) is 16.4. The molecule has 0 aliphatic carbocycles. The van der Waals surface area contributed by atoms with Crippen molar-refractivity contribution in [2.45, 2.75) is 142 Å². The van der Waals surface area contributed by atoms with Gasteiger partial charge in [0, 0.05) is 23.5 Å². The van der Waals surface area contributed by atoms with Crippen LogP contribution in [0.1, 0.15) is 105 Å². The van der Waals surface area contributed by atoms with Gasteiger partial charge in [-0.3, -0.25) is 25.0 Å². The SMILES string of the molecule is CC[C@H](C(=O)[C@@H](C)[C@@H](O)[C@H](C)CCc1c([N+](=O)[O-])cc(C)c(O)c1[N+](=O)[O-])[C@@H]1OC(CC)(C2CCC(O)(CC)C(C)O2)CC1C. The molecular formula is C33H52N2O10. The largest absolute Gasteiger partial charge is 0.502 e. The summed E-state index contributed by atoms with van der Waals surface area (Å²) >= 11 is 0. The van der Waals surface area contributed by atoms with E-state index in [0.717, 1.165) is 6.07 Å². The molecule has 12 nitrogen and oxygen atoms in total. The Kier molecular flexibility index (Phi) is 11.8. The zero-order valence-corrected chi connectivity index (χ0v) is 27.9. The van der Waals surface area contributed by atoms with Gasteiger partial charge in [0.1, 0.15) is 11.3 Å². The van der Waals surface area contributed by atoms with Crippen LogP contribution in [0.15, 0.2) is 6.07 Å². The molecule has 0 spiro atoms. The highest BCUT2D eigenvalue weighted by molar-refractivity contribution is 5.84. The lowest BCUT2D eigenvalue weighted by molar-refractivity contribution is -0.396. The number of carbonyl (C=O) groups excluding carboxylic acids is 1. The summed E-state index contributed by atoms with van der Waals surface area (Å²) in [6, 6.07) is 1.11. The number of nitrogens with zero attached hydrogens (tertiary/aromatic N) is 2. The van der Waals surface area contributed by atoms with Crippen molar-refractivity contribution in [2.24, 2.45) is 23.7 Å². The van der Waals surface area contributed by atoms with Gasteiger partial charge in [-0.1, -0.05) is 41.5 Å². The smallest absolute Gasteiger partial charge is 0.321 e. The molecule has 2 heterocycles. The Morgan fingerprint density at radius 1 is 1.13 bits per heavy atom. The van der Waals surface area contributed by atoms with Gasteiger partial charge >= 0.3 is 5.69 Å². The van der Waals surface area contributed by atoms with E-state index in [1.54, 1.807) is 13.8 Å². The Bertz CT molecular complexity index is 1260. The summed E-state index contributed by atoms with van der Waals surface area (Å²) in [5, 5.41) is 55.9. The van der Waals surface area contributed by atoms with Crippen LogP contribution in [-0.2, 0) is 20.7 Å². The number of nitro benzene ring substituents is 2. The average Bonchev–Trinajstić information content (AvgIpc) is 3.34. The van der Waals surface area contributed by atoms with Gasteiger partial charge in [0.05, 0.1) is 45.5 Å². The number of benzene rings is 1. The second-order valence-corrected chi connectivity index (χ2v) is 13.6. The van der Waals surface area contributed by atoms with E-state index in [9.17, 15) is 40.3 Å². The first kappa shape index (κ1) is 36.8. The minimum atomic E-state index is -1.11. The number of aryl methyl sites for hydroxylation is 1. The van der Waals surface area contributed by atoms with Crippen LogP contribution >= 0.6 is 0 Å². The summed E-state index contributed by atoms with van der Waals surface area (Å²) in [6.07, 6.45) is 1.77. The van der Waals surface area contributed by atoms with E-state index in [2.05, 4.69) is 13.8 Å². The van der Waals surface area contributed by atoms with Gasteiger partial charge < -0.3 is 24.8 Å². The molecule has 2 aliphatic rings. The van der Waals surface area contributed by atoms with E-state index in [0.29, 0.717) is 38.5 Å². The number of aliphatic hydroxyl groups is 2. The van der Waals surface area contributed by atoms with Gasteiger partial charge in [0.25, 0.3) is 5.69 Å². The third-order valence-electron chi connectivity index (χ3n) is 10.9. The van der Waals surface area contributed by atoms with Crippen LogP contribution in [0.3, 0.4) is 0 Å². The molecule has 3 N–H and O–H groups in total. The van der Waals surface area contributed by atoms with Gasteiger partial charge in [0.2, 0.25) is 0 Å². The predicted molar refractivity (Wildman–Crippen MR) is 168 cm³/mol. The second-order valence-electron chi connectivity index (χ2n) is 13.6. The molecule has 0 amide bonds. The first-order chi connectivity index (χ1) is 21.0. The van der Waals surface area contributed by atoms with Gasteiger partial charge in [-0.15, -0.1) is 0 Å². The Hall–Kier alpha value is -2.67. The Morgan fingerprint density at radius 2 is 1.78 bits per heavy atom. The van der Waals surface area contributed by atoms with Gasteiger partial charge in [-0.2, -0.15) is 0 Å². The summed E-state index contributed by atoms with van der Waals surface area (Å²) in [5.41, 5.74) is -2.80. The molecule has 0 saturated carbocycles. The van der Waals surface area contributed by atoms with E-state index in [4.69, 9.17) is 9.47 Å². The fourth-order valence-electron chi connectivity index (χ4n) is 7.67. The van der Waals surface area contributed by atoms with Gasteiger partial charge in [-0.05, 0) is 77.0 Å². The summed E-state index contributed by atoms with van der Waals surface area (Å²) in [5.74, 6) is -2.48. The minimum absolute atomic E-state index is 0.0255. The number of aliphatic hydroxyl groups excluding tert-OH is 1. The monoisotopic (exact) mass is 636 g/mol. The molecule has 3 rings (SSSR count). The van der Waals surface area contributed by atoms with Crippen molar-refractivity contribution in [1.82, 2.24) is 0 Å². The normalized spacial score (nSPS) is 31.2.